The predicted octanol–water partition coefficient (Wildman–Crippen LogP) is 2.84. The summed E-state index contributed by atoms with van der Waals surface area (Å²) in [5, 5.41) is 16.0. The first-order chi connectivity index (χ1) is 18.2. The number of likely N-dealkylation sites (N-methyl/N-ethyl adjacent to an activating group) is 1. The second-order valence-corrected chi connectivity index (χ2v) is 11.8. The standard InChI is InChI=1S/C25H33ClN8O3S/c1-33(12-13-35)20-8-5-17-4-7-19(14-18(17)6-9-20)31-25-30-15-21(26)23(32-25)29-16-22-24(28-11-10-27-22)34(2)38(3,36)37/h4,7,10-11,14-15,20,35H,5-6,8-9,12-13,16H2,1-3H3,(H2,29,30,31,32)/t20-/m0/s1. The fourth-order valence-corrected chi connectivity index (χ4v) is 5.13. The molecule has 1 aliphatic rings. The molecule has 0 bridgehead atoms. The van der Waals surface area contributed by atoms with Crippen molar-refractivity contribution in [3.05, 3.63) is 58.6 Å². The maximum atomic E-state index is 12.0. The summed E-state index contributed by atoms with van der Waals surface area (Å²) in [4.78, 5) is 19.5. The number of aliphatic hydroxyl groups is 1. The molecule has 0 spiro atoms. The van der Waals surface area contributed by atoms with Crippen LogP contribution in [0.3, 0.4) is 0 Å². The molecule has 0 aliphatic heterocycles. The first kappa shape index (κ1) is 28.0. The smallest absolute Gasteiger partial charge is 0.233 e. The third-order valence-electron chi connectivity index (χ3n) is 6.75. The highest BCUT2D eigenvalue weighted by Crippen LogP contribution is 2.28. The number of halogens is 1. The van der Waals surface area contributed by atoms with Gasteiger partial charge in [-0.15, -0.1) is 0 Å². The van der Waals surface area contributed by atoms with Crippen LogP contribution in [0.15, 0.2) is 36.8 Å². The van der Waals surface area contributed by atoms with Crippen molar-refractivity contribution in [3.8, 4) is 0 Å². The minimum Gasteiger partial charge on any atom is -0.395 e. The zero-order valence-corrected chi connectivity index (χ0v) is 23.3. The van der Waals surface area contributed by atoms with Crippen LogP contribution < -0.4 is 14.9 Å². The SMILES string of the molecule is CN(CCO)[C@H]1CCc2ccc(Nc3ncc(Cl)c(NCc4nccnc4N(C)S(C)(=O)=O)n3)cc2CC1. The molecule has 13 heteroatoms. The molecule has 3 aromatic rings. The number of aromatic nitrogens is 4. The number of fused-ring (bicyclic) bond motifs is 1. The van der Waals surface area contributed by atoms with E-state index < -0.39 is 10.0 Å². The summed E-state index contributed by atoms with van der Waals surface area (Å²) in [5.41, 5.74) is 3.95. The molecule has 4 rings (SSSR count). The third-order valence-corrected chi connectivity index (χ3v) is 8.19. The van der Waals surface area contributed by atoms with Gasteiger partial charge in [0.1, 0.15) is 10.7 Å². The molecule has 1 aromatic carbocycles. The fourth-order valence-electron chi connectivity index (χ4n) is 4.50. The van der Waals surface area contributed by atoms with E-state index in [9.17, 15) is 13.5 Å². The highest BCUT2D eigenvalue weighted by molar-refractivity contribution is 7.92. The van der Waals surface area contributed by atoms with Crippen LogP contribution in [0.25, 0.3) is 0 Å². The average Bonchev–Trinajstić information content (AvgIpc) is 3.11. The molecule has 1 atom stereocenters. The molecular formula is C25H33ClN8O3S. The van der Waals surface area contributed by atoms with Gasteiger partial charge in [-0.2, -0.15) is 4.98 Å². The van der Waals surface area contributed by atoms with E-state index >= 15 is 0 Å². The van der Waals surface area contributed by atoms with Crippen molar-refractivity contribution in [3.63, 3.8) is 0 Å². The minimum atomic E-state index is -3.50. The zero-order chi connectivity index (χ0) is 27.3. The number of rotatable bonds is 10. The summed E-state index contributed by atoms with van der Waals surface area (Å²) in [6, 6.07) is 6.76. The van der Waals surface area contributed by atoms with E-state index in [1.807, 2.05) is 6.07 Å². The monoisotopic (exact) mass is 560 g/mol. The van der Waals surface area contributed by atoms with Crippen molar-refractivity contribution < 1.29 is 13.5 Å². The lowest BCUT2D eigenvalue weighted by atomic mass is 10.0. The minimum absolute atomic E-state index is 0.157. The van der Waals surface area contributed by atoms with E-state index in [1.165, 1.54) is 36.8 Å². The Kier molecular flexibility index (Phi) is 8.98. The van der Waals surface area contributed by atoms with E-state index in [0.717, 1.165) is 41.9 Å². The molecule has 0 amide bonds. The molecule has 204 valence electrons. The zero-order valence-electron chi connectivity index (χ0n) is 21.7. The van der Waals surface area contributed by atoms with E-state index in [0.29, 0.717) is 35.1 Å². The summed E-state index contributed by atoms with van der Waals surface area (Å²) < 4.78 is 25.1. The number of nitrogens with one attached hydrogen (secondary N) is 2. The van der Waals surface area contributed by atoms with Crippen molar-refractivity contribution in [2.75, 3.05) is 48.4 Å². The van der Waals surface area contributed by atoms with E-state index in [-0.39, 0.29) is 19.0 Å². The van der Waals surface area contributed by atoms with Crippen LogP contribution >= 0.6 is 11.6 Å². The summed E-state index contributed by atoms with van der Waals surface area (Å²) in [7, 11) is -0.00194. The van der Waals surface area contributed by atoms with Crippen molar-refractivity contribution in [2.24, 2.45) is 0 Å². The van der Waals surface area contributed by atoms with E-state index in [2.05, 4.69) is 54.6 Å². The summed E-state index contributed by atoms with van der Waals surface area (Å²) in [6.07, 6.45) is 9.61. The van der Waals surface area contributed by atoms with Gasteiger partial charge in [0, 0.05) is 37.7 Å². The number of hydrogen-bond acceptors (Lipinski definition) is 10. The Balaban J connectivity index is 1.46. The van der Waals surface area contributed by atoms with E-state index in [4.69, 9.17) is 11.6 Å². The van der Waals surface area contributed by atoms with Crippen LogP contribution in [-0.2, 0) is 29.4 Å². The quantitative estimate of drug-likeness (QED) is 0.317. The average molecular weight is 561 g/mol. The highest BCUT2D eigenvalue weighted by Gasteiger charge is 2.21. The van der Waals surface area contributed by atoms with Crippen LogP contribution in [0.5, 0.6) is 0 Å². The molecule has 0 saturated carbocycles. The molecule has 2 heterocycles. The van der Waals surface area contributed by atoms with Gasteiger partial charge in [0.05, 0.1) is 25.6 Å². The first-order valence-corrected chi connectivity index (χ1v) is 14.6. The van der Waals surface area contributed by atoms with Gasteiger partial charge < -0.3 is 20.6 Å². The molecule has 2 aromatic heterocycles. The van der Waals surface area contributed by atoms with Crippen LogP contribution in [0, 0.1) is 0 Å². The molecule has 11 nitrogen and oxygen atoms in total. The second kappa shape index (κ2) is 12.2. The fraction of sp³-hybridized carbons (Fsp3) is 0.440. The summed E-state index contributed by atoms with van der Waals surface area (Å²) in [5.74, 6) is 0.978. The molecule has 1 aliphatic carbocycles. The summed E-state index contributed by atoms with van der Waals surface area (Å²) in [6.45, 7) is 1.01. The number of benzene rings is 1. The number of hydrogen-bond donors (Lipinski definition) is 3. The second-order valence-electron chi connectivity index (χ2n) is 9.34. The summed E-state index contributed by atoms with van der Waals surface area (Å²) >= 11 is 6.34. The maximum Gasteiger partial charge on any atom is 0.233 e. The van der Waals surface area contributed by atoms with Crippen LogP contribution in [0.2, 0.25) is 5.02 Å². The third kappa shape index (κ3) is 6.87. The number of anilines is 4. The van der Waals surface area contributed by atoms with Crippen molar-refractivity contribution >= 4 is 44.9 Å². The molecule has 3 N–H and O–H groups in total. The number of sulfonamides is 1. The van der Waals surface area contributed by atoms with Crippen molar-refractivity contribution in [1.82, 2.24) is 24.8 Å². The Morgan fingerprint density at radius 3 is 2.58 bits per heavy atom. The Morgan fingerprint density at radius 1 is 1.11 bits per heavy atom. The Labute approximate surface area is 228 Å². The van der Waals surface area contributed by atoms with Gasteiger partial charge in [-0.3, -0.25) is 9.29 Å². The molecule has 0 saturated heterocycles. The molecule has 38 heavy (non-hydrogen) atoms. The maximum absolute atomic E-state index is 12.0. The number of nitrogens with zero attached hydrogens (tertiary/aromatic N) is 6. The van der Waals surface area contributed by atoms with Gasteiger partial charge in [0.2, 0.25) is 16.0 Å². The topological polar surface area (TPSA) is 136 Å². The van der Waals surface area contributed by atoms with Crippen molar-refractivity contribution in [2.45, 2.75) is 38.3 Å². The van der Waals surface area contributed by atoms with Crippen molar-refractivity contribution in [1.29, 1.82) is 0 Å². The van der Waals surface area contributed by atoms with Gasteiger partial charge in [-0.05, 0) is 56.0 Å². The lowest BCUT2D eigenvalue weighted by Crippen LogP contribution is -2.34. The lowest BCUT2D eigenvalue weighted by molar-refractivity contribution is 0.169. The lowest BCUT2D eigenvalue weighted by Gasteiger charge is -2.26. The molecule has 0 radical (unpaired) electrons. The van der Waals surface area contributed by atoms with E-state index in [1.54, 1.807) is 0 Å². The predicted molar refractivity (Wildman–Crippen MR) is 150 cm³/mol. The largest absolute Gasteiger partial charge is 0.395 e. The van der Waals surface area contributed by atoms with Gasteiger partial charge in [0.15, 0.2) is 11.6 Å². The van der Waals surface area contributed by atoms with Crippen LogP contribution in [0.1, 0.15) is 29.7 Å². The van der Waals surface area contributed by atoms with Gasteiger partial charge in [-0.25, -0.2) is 18.4 Å². The van der Waals surface area contributed by atoms with Gasteiger partial charge in [-0.1, -0.05) is 17.7 Å². The van der Waals surface area contributed by atoms with Crippen LogP contribution in [0.4, 0.5) is 23.3 Å². The Hall–Kier alpha value is -3.06. The Morgan fingerprint density at radius 2 is 1.84 bits per heavy atom. The molecule has 0 unspecified atom stereocenters. The van der Waals surface area contributed by atoms with Gasteiger partial charge >= 0.3 is 0 Å². The number of aliphatic hydroxyl groups excluding tert-OH is 1. The van der Waals surface area contributed by atoms with Gasteiger partial charge in [0.25, 0.3) is 0 Å². The Bertz CT molecular complexity index is 1370. The normalized spacial score (nSPS) is 15.6. The molecular weight excluding hydrogens is 528 g/mol. The highest BCUT2D eigenvalue weighted by atomic mass is 35.5. The van der Waals surface area contributed by atoms with Crippen LogP contribution in [-0.4, -0.2) is 77.9 Å². The molecule has 0 fully saturated rings. The number of aryl methyl sites for hydroxylation is 2. The first-order valence-electron chi connectivity index (χ1n) is 12.4.